The van der Waals surface area contributed by atoms with E-state index in [0.29, 0.717) is 17.8 Å². The molecular formula is C15H25N3O. The zero-order valence-electron chi connectivity index (χ0n) is 12.8. The SMILES string of the molecule is CN(CC(C)(C)C)C(=O)c1ccc(N(C)C)c(N)c1. The summed E-state index contributed by atoms with van der Waals surface area (Å²) >= 11 is 0. The fraction of sp³-hybridized carbons (Fsp3) is 0.533. The zero-order chi connectivity index (χ0) is 14.8. The van der Waals surface area contributed by atoms with Crippen LogP contribution in [-0.2, 0) is 0 Å². The maximum absolute atomic E-state index is 12.3. The van der Waals surface area contributed by atoms with E-state index >= 15 is 0 Å². The maximum atomic E-state index is 12.3. The summed E-state index contributed by atoms with van der Waals surface area (Å²) in [4.78, 5) is 16.0. The van der Waals surface area contributed by atoms with Crippen molar-refractivity contribution in [2.45, 2.75) is 20.8 Å². The fourth-order valence-corrected chi connectivity index (χ4v) is 2.10. The number of benzene rings is 1. The van der Waals surface area contributed by atoms with Gasteiger partial charge in [0.25, 0.3) is 5.91 Å². The van der Waals surface area contributed by atoms with Crippen molar-refractivity contribution in [1.82, 2.24) is 4.90 Å². The van der Waals surface area contributed by atoms with E-state index in [2.05, 4.69) is 20.8 Å². The number of nitrogen functional groups attached to an aromatic ring is 1. The molecule has 0 bridgehead atoms. The number of amides is 1. The van der Waals surface area contributed by atoms with Crippen LogP contribution in [0.2, 0.25) is 0 Å². The molecule has 0 atom stereocenters. The quantitative estimate of drug-likeness (QED) is 0.852. The smallest absolute Gasteiger partial charge is 0.253 e. The van der Waals surface area contributed by atoms with Crippen LogP contribution in [0.5, 0.6) is 0 Å². The van der Waals surface area contributed by atoms with Crippen molar-refractivity contribution in [3.63, 3.8) is 0 Å². The Hall–Kier alpha value is -1.71. The predicted octanol–water partition coefficient (Wildman–Crippen LogP) is 2.45. The second-order valence-corrected chi connectivity index (χ2v) is 6.39. The van der Waals surface area contributed by atoms with Crippen molar-refractivity contribution in [1.29, 1.82) is 0 Å². The summed E-state index contributed by atoms with van der Waals surface area (Å²) in [6.07, 6.45) is 0. The summed E-state index contributed by atoms with van der Waals surface area (Å²) in [5.74, 6) is 0.00642. The Labute approximate surface area is 116 Å². The molecule has 0 aliphatic heterocycles. The first kappa shape index (κ1) is 15.3. The second kappa shape index (κ2) is 5.51. The molecule has 2 N–H and O–H groups in total. The standard InChI is InChI=1S/C15H25N3O/c1-15(2,3)10-18(6)14(19)11-7-8-13(17(4)5)12(16)9-11/h7-9H,10,16H2,1-6H3. The minimum absolute atomic E-state index is 0.00642. The number of carbonyl (C=O) groups excluding carboxylic acids is 1. The van der Waals surface area contributed by atoms with E-state index < -0.39 is 0 Å². The minimum Gasteiger partial charge on any atom is -0.397 e. The molecule has 4 nitrogen and oxygen atoms in total. The Bertz CT molecular complexity index is 461. The monoisotopic (exact) mass is 263 g/mol. The van der Waals surface area contributed by atoms with Crippen LogP contribution in [0.1, 0.15) is 31.1 Å². The maximum Gasteiger partial charge on any atom is 0.253 e. The molecule has 106 valence electrons. The molecule has 0 saturated carbocycles. The van der Waals surface area contributed by atoms with Crippen molar-refractivity contribution >= 4 is 17.3 Å². The number of hydrogen-bond donors (Lipinski definition) is 1. The lowest BCUT2D eigenvalue weighted by Gasteiger charge is -2.27. The third kappa shape index (κ3) is 4.16. The highest BCUT2D eigenvalue weighted by molar-refractivity contribution is 5.96. The largest absolute Gasteiger partial charge is 0.397 e. The van der Waals surface area contributed by atoms with Crippen molar-refractivity contribution in [3.05, 3.63) is 23.8 Å². The molecule has 1 rings (SSSR count). The van der Waals surface area contributed by atoms with Crippen LogP contribution < -0.4 is 10.6 Å². The molecular weight excluding hydrogens is 238 g/mol. The summed E-state index contributed by atoms with van der Waals surface area (Å²) in [5.41, 5.74) is 8.24. The number of rotatable bonds is 3. The Morgan fingerprint density at radius 3 is 2.21 bits per heavy atom. The van der Waals surface area contributed by atoms with Crippen molar-refractivity contribution < 1.29 is 4.79 Å². The average Bonchev–Trinajstić information content (AvgIpc) is 2.24. The highest BCUT2D eigenvalue weighted by Gasteiger charge is 2.19. The van der Waals surface area contributed by atoms with Gasteiger partial charge in [-0.2, -0.15) is 0 Å². The lowest BCUT2D eigenvalue weighted by atomic mass is 9.96. The van der Waals surface area contributed by atoms with Gasteiger partial charge in [0.05, 0.1) is 11.4 Å². The highest BCUT2D eigenvalue weighted by atomic mass is 16.2. The van der Waals surface area contributed by atoms with Gasteiger partial charge in [-0.1, -0.05) is 20.8 Å². The van der Waals surface area contributed by atoms with Crippen LogP contribution in [0.4, 0.5) is 11.4 Å². The molecule has 0 radical (unpaired) electrons. The van der Waals surface area contributed by atoms with Gasteiger partial charge < -0.3 is 15.5 Å². The highest BCUT2D eigenvalue weighted by Crippen LogP contribution is 2.23. The number of carbonyl (C=O) groups is 1. The van der Waals surface area contributed by atoms with E-state index in [0.717, 1.165) is 5.69 Å². The topological polar surface area (TPSA) is 49.6 Å². The third-order valence-electron chi connectivity index (χ3n) is 2.81. The van der Waals surface area contributed by atoms with E-state index in [1.807, 2.05) is 38.2 Å². The van der Waals surface area contributed by atoms with Gasteiger partial charge >= 0.3 is 0 Å². The van der Waals surface area contributed by atoms with E-state index in [1.54, 1.807) is 11.0 Å². The summed E-state index contributed by atoms with van der Waals surface area (Å²) < 4.78 is 0. The van der Waals surface area contributed by atoms with E-state index in [-0.39, 0.29) is 11.3 Å². The van der Waals surface area contributed by atoms with Crippen LogP contribution >= 0.6 is 0 Å². The number of nitrogens with two attached hydrogens (primary N) is 1. The molecule has 0 unspecified atom stereocenters. The van der Waals surface area contributed by atoms with Crippen LogP contribution in [0.3, 0.4) is 0 Å². The molecule has 0 fully saturated rings. The molecule has 0 aromatic heterocycles. The molecule has 0 aliphatic rings. The first-order valence-electron chi connectivity index (χ1n) is 6.44. The Morgan fingerprint density at radius 1 is 1.21 bits per heavy atom. The summed E-state index contributed by atoms with van der Waals surface area (Å²) in [7, 11) is 5.68. The predicted molar refractivity (Wildman–Crippen MR) is 81.6 cm³/mol. The molecule has 4 heteroatoms. The molecule has 1 amide bonds. The van der Waals surface area contributed by atoms with Gasteiger partial charge in [0.15, 0.2) is 0 Å². The Morgan fingerprint density at radius 2 is 1.79 bits per heavy atom. The molecule has 0 heterocycles. The number of hydrogen-bond acceptors (Lipinski definition) is 3. The number of nitrogens with zero attached hydrogens (tertiary/aromatic N) is 2. The van der Waals surface area contributed by atoms with Crippen molar-refractivity contribution in [3.8, 4) is 0 Å². The van der Waals surface area contributed by atoms with Crippen LogP contribution in [-0.4, -0.2) is 38.5 Å². The van der Waals surface area contributed by atoms with E-state index in [1.165, 1.54) is 0 Å². The van der Waals surface area contributed by atoms with Gasteiger partial charge in [-0.25, -0.2) is 0 Å². The van der Waals surface area contributed by atoms with Gasteiger partial charge in [-0.15, -0.1) is 0 Å². The van der Waals surface area contributed by atoms with Gasteiger partial charge in [-0.3, -0.25) is 4.79 Å². The lowest BCUT2D eigenvalue weighted by Crippen LogP contribution is -2.34. The molecule has 1 aromatic rings. The molecule has 1 aromatic carbocycles. The Balaban J connectivity index is 2.92. The van der Waals surface area contributed by atoms with E-state index in [4.69, 9.17) is 5.73 Å². The zero-order valence-corrected chi connectivity index (χ0v) is 12.8. The molecule has 0 aliphatic carbocycles. The van der Waals surface area contributed by atoms with Crippen LogP contribution in [0.25, 0.3) is 0 Å². The molecule has 0 saturated heterocycles. The van der Waals surface area contributed by atoms with Crippen molar-refractivity contribution in [2.24, 2.45) is 5.41 Å². The third-order valence-corrected chi connectivity index (χ3v) is 2.81. The lowest BCUT2D eigenvalue weighted by molar-refractivity contribution is 0.0745. The van der Waals surface area contributed by atoms with Crippen molar-refractivity contribution in [2.75, 3.05) is 38.3 Å². The van der Waals surface area contributed by atoms with Gasteiger partial charge in [0.2, 0.25) is 0 Å². The second-order valence-electron chi connectivity index (χ2n) is 6.39. The fourth-order valence-electron chi connectivity index (χ4n) is 2.10. The van der Waals surface area contributed by atoms with Crippen LogP contribution in [0, 0.1) is 5.41 Å². The van der Waals surface area contributed by atoms with Gasteiger partial charge in [-0.05, 0) is 23.6 Å². The van der Waals surface area contributed by atoms with E-state index in [9.17, 15) is 4.79 Å². The number of anilines is 2. The first-order valence-corrected chi connectivity index (χ1v) is 6.44. The Kier molecular flexibility index (Phi) is 4.45. The first-order chi connectivity index (χ1) is 8.61. The van der Waals surface area contributed by atoms with Gasteiger partial charge in [0.1, 0.15) is 0 Å². The molecule has 0 spiro atoms. The summed E-state index contributed by atoms with van der Waals surface area (Å²) in [6, 6.07) is 5.46. The van der Waals surface area contributed by atoms with Crippen LogP contribution in [0.15, 0.2) is 18.2 Å². The molecule has 19 heavy (non-hydrogen) atoms. The summed E-state index contributed by atoms with van der Waals surface area (Å²) in [6.45, 7) is 7.04. The summed E-state index contributed by atoms with van der Waals surface area (Å²) in [5, 5.41) is 0. The normalized spacial score (nSPS) is 11.3. The van der Waals surface area contributed by atoms with Gasteiger partial charge in [0, 0.05) is 33.3 Å². The average molecular weight is 263 g/mol. The minimum atomic E-state index is 0.00642.